The lowest BCUT2D eigenvalue weighted by molar-refractivity contribution is -0.126. The van der Waals surface area contributed by atoms with Crippen LogP contribution in [-0.4, -0.2) is 89.2 Å². The van der Waals surface area contributed by atoms with Gasteiger partial charge in [-0.25, -0.2) is 0 Å². The fraction of sp³-hybridized carbons (Fsp3) is 0.423. The second kappa shape index (κ2) is 11.2. The molecule has 3 N–H and O–H groups in total. The molecular weight excluding hydrogens is 458 g/mol. The van der Waals surface area contributed by atoms with Gasteiger partial charge in [-0.3, -0.25) is 19.8 Å². The van der Waals surface area contributed by atoms with Gasteiger partial charge in [0.15, 0.2) is 0 Å². The Kier molecular flexibility index (Phi) is 8.10. The Balaban J connectivity index is 1.52. The molecule has 1 fully saturated rings. The number of hydrogen-bond acceptors (Lipinski definition) is 7. The first-order valence-electron chi connectivity index (χ1n) is 12.0. The summed E-state index contributed by atoms with van der Waals surface area (Å²) in [5.41, 5.74) is 11.9. The number of fused-ring (bicyclic) bond motifs is 1. The Morgan fingerprint density at radius 1 is 1.23 bits per heavy atom. The van der Waals surface area contributed by atoms with Gasteiger partial charge in [-0.2, -0.15) is 5.10 Å². The third kappa shape index (κ3) is 6.04. The number of amides is 1. The molecule has 0 aliphatic carbocycles. The van der Waals surface area contributed by atoms with Crippen LogP contribution in [-0.2, 0) is 10.5 Å². The predicted molar refractivity (Wildman–Crippen MR) is 144 cm³/mol. The van der Waals surface area contributed by atoms with Crippen LogP contribution in [0.1, 0.15) is 22.4 Å². The number of likely N-dealkylation sites (N-methyl/N-ethyl adjacent to an activating group) is 2. The fourth-order valence-corrected chi connectivity index (χ4v) is 5.40. The number of H-pyrrole nitrogens is 1. The third-order valence-electron chi connectivity index (χ3n) is 6.53. The highest BCUT2D eigenvalue weighted by molar-refractivity contribution is 8.07. The molecule has 186 valence electrons. The van der Waals surface area contributed by atoms with E-state index in [1.807, 2.05) is 19.2 Å². The van der Waals surface area contributed by atoms with Gasteiger partial charge in [0.25, 0.3) is 5.91 Å². The lowest BCUT2D eigenvalue weighted by Crippen LogP contribution is -2.47. The smallest absolute Gasteiger partial charge is 0.270 e. The Labute approximate surface area is 211 Å². The molecule has 1 saturated heterocycles. The van der Waals surface area contributed by atoms with Crippen LogP contribution >= 0.6 is 11.8 Å². The zero-order chi connectivity index (χ0) is 24.9. The molecule has 35 heavy (non-hydrogen) atoms. The number of rotatable bonds is 8. The second-order valence-corrected chi connectivity index (χ2v) is 10.3. The van der Waals surface area contributed by atoms with Crippen molar-refractivity contribution in [2.24, 2.45) is 5.73 Å². The molecule has 3 heterocycles. The minimum atomic E-state index is -0.161. The van der Waals surface area contributed by atoms with Crippen LogP contribution in [0, 0.1) is 13.8 Å². The first-order valence-corrected chi connectivity index (χ1v) is 13.0. The van der Waals surface area contributed by atoms with Gasteiger partial charge in [-0.15, -0.1) is 11.8 Å². The van der Waals surface area contributed by atoms with E-state index in [2.05, 4.69) is 58.0 Å². The van der Waals surface area contributed by atoms with E-state index in [4.69, 9.17) is 5.73 Å². The average Bonchev–Trinajstić information content (AvgIpc) is 3.26. The molecular formula is C26H35N7OS. The van der Waals surface area contributed by atoms with Crippen LogP contribution in [0.2, 0.25) is 0 Å². The highest BCUT2D eigenvalue weighted by Crippen LogP contribution is 2.34. The Hall–Kier alpha value is -2.88. The highest BCUT2D eigenvalue weighted by atomic mass is 32.2. The summed E-state index contributed by atoms with van der Waals surface area (Å²) in [5.74, 6) is 0.453. The van der Waals surface area contributed by atoms with Crippen LogP contribution in [0.5, 0.6) is 0 Å². The molecule has 0 bridgehead atoms. The van der Waals surface area contributed by atoms with Gasteiger partial charge in [0.05, 0.1) is 11.2 Å². The zero-order valence-corrected chi connectivity index (χ0v) is 21.9. The molecule has 4 rings (SSSR count). The monoisotopic (exact) mass is 493 g/mol. The minimum absolute atomic E-state index is 0.161. The van der Waals surface area contributed by atoms with E-state index in [-0.39, 0.29) is 11.6 Å². The number of aromatic nitrogens is 3. The zero-order valence-electron chi connectivity index (χ0n) is 21.0. The predicted octanol–water partition coefficient (Wildman–Crippen LogP) is 2.84. The van der Waals surface area contributed by atoms with Crippen LogP contribution in [0.4, 0.5) is 0 Å². The summed E-state index contributed by atoms with van der Waals surface area (Å²) in [6.07, 6.45) is 3.48. The first-order chi connectivity index (χ1) is 16.8. The largest absolute Gasteiger partial charge is 0.393 e. The Bertz CT molecular complexity index is 1200. The number of pyridine rings is 1. The fourth-order valence-electron chi connectivity index (χ4n) is 4.36. The van der Waals surface area contributed by atoms with E-state index >= 15 is 0 Å². The SMILES string of the molecule is Cc1cc(C)c2n[nH]c(CS/C(=C(\N)C(=O)N(C)CCN3CCN(C)CC3)c3cccnc3)c2c1. The topological polar surface area (TPSA) is 94.4 Å². The maximum Gasteiger partial charge on any atom is 0.270 e. The van der Waals surface area contributed by atoms with Gasteiger partial charge in [0.1, 0.15) is 5.70 Å². The van der Waals surface area contributed by atoms with Gasteiger partial charge < -0.3 is 15.5 Å². The van der Waals surface area contributed by atoms with E-state index in [1.165, 1.54) is 17.3 Å². The number of carbonyl (C=O) groups excluding carboxylic acids is 1. The summed E-state index contributed by atoms with van der Waals surface area (Å²) >= 11 is 1.54. The van der Waals surface area contributed by atoms with Crippen LogP contribution in [0.3, 0.4) is 0 Å². The molecule has 9 heteroatoms. The normalized spacial score (nSPS) is 15.9. The molecule has 0 spiro atoms. The maximum absolute atomic E-state index is 13.3. The summed E-state index contributed by atoms with van der Waals surface area (Å²) in [7, 11) is 3.97. The number of nitrogens with one attached hydrogen (secondary N) is 1. The third-order valence-corrected chi connectivity index (χ3v) is 7.70. The van der Waals surface area contributed by atoms with Crippen molar-refractivity contribution in [1.29, 1.82) is 0 Å². The summed E-state index contributed by atoms with van der Waals surface area (Å²) in [6, 6.07) is 8.09. The van der Waals surface area contributed by atoms with Crippen LogP contribution in [0.25, 0.3) is 15.8 Å². The molecule has 1 aromatic carbocycles. The first kappa shape index (κ1) is 25.2. The van der Waals surface area contributed by atoms with E-state index in [0.717, 1.165) is 65.4 Å². The molecule has 0 radical (unpaired) electrons. The molecule has 0 saturated carbocycles. The molecule has 1 amide bonds. The van der Waals surface area contributed by atoms with Crippen LogP contribution in [0.15, 0.2) is 42.4 Å². The van der Waals surface area contributed by atoms with Gasteiger partial charge in [-0.05, 0) is 38.6 Å². The number of carbonyl (C=O) groups is 1. The number of aryl methyl sites for hydroxylation is 2. The standard InChI is InChI=1S/C26H35N7OS/c1-18-14-19(2)24-21(15-18)22(29-30-24)17-35-25(20-6-5-7-28-16-20)23(27)26(34)32(4)10-13-33-11-8-31(3)9-12-33/h5-7,14-16H,8-13,17,27H2,1-4H3,(H,29,30)/b25-23-. The summed E-state index contributed by atoms with van der Waals surface area (Å²) in [6.45, 7) is 9.81. The Morgan fingerprint density at radius 3 is 2.71 bits per heavy atom. The van der Waals surface area contributed by atoms with E-state index in [9.17, 15) is 4.79 Å². The minimum Gasteiger partial charge on any atom is -0.393 e. The molecule has 3 aromatic rings. The number of nitrogens with zero attached hydrogens (tertiary/aromatic N) is 5. The maximum atomic E-state index is 13.3. The Morgan fingerprint density at radius 2 is 2.00 bits per heavy atom. The summed E-state index contributed by atoms with van der Waals surface area (Å²) in [5, 5.41) is 8.80. The van der Waals surface area contributed by atoms with Crippen molar-refractivity contribution in [3.8, 4) is 0 Å². The number of thioether (sulfide) groups is 1. The van der Waals surface area contributed by atoms with Crippen LogP contribution < -0.4 is 5.73 Å². The number of hydrogen-bond donors (Lipinski definition) is 2. The lowest BCUT2D eigenvalue weighted by atomic mass is 10.1. The molecule has 8 nitrogen and oxygen atoms in total. The van der Waals surface area contributed by atoms with Crippen molar-refractivity contribution in [2.75, 3.05) is 53.4 Å². The van der Waals surface area contributed by atoms with E-state index in [1.54, 1.807) is 17.3 Å². The van der Waals surface area contributed by atoms with E-state index in [0.29, 0.717) is 12.3 Å². The summed E-state index contributed by atoms with van der Waals surface area (Å²) < 4.78 is 0. The number of nitrogens with two attached hydrogens (primary N) is 1. The van der Waals surface area contributed by atoms with E-state index < -0.39 is 0 Å². The van der Waals surface area contributed by atoms with Crippen molar-refractivity contribution in [3.63, 3.8) is 0 Å². The van der Waals surface area contributed by atoms with Crippen molar-refractivity contribution in [2.45, 2.75) is 19.6 Å². The number of aromatic amines is 1. The molecule has 1 aliphatic rings. The van der Waals surface area contributed by atoms with Gasteiger partial charge in [0.2, 0.25) is 0 Å². The van der Waals surface area contributed by atoms with Crippen molar-refractivity contribution in [3.05, 3.63) is 64.7 Å². The van der Waals surface area contributed by atoms with Gasteiger partial charge in [-0.1, -0.05) is 17.7 Å². The van der Waals surface area contributed by atoms with Crippen molar-refractivity contribution in [1.82, 2.24) is 29.9 Å². The molecule has 2 aromatic heterocycles. The molecule has 1 aliphatic heterocycles. The van der Waals surface area contributed by atoms with Crippen molar-refractivity contribution < 1.29 is 4.79 Å². The second-order valence-electron chi connectivity index (χ2n) is 9.32. The summed E-state index contributed by atoms with van der Waals surface area (Å²) in [4.78, 5) is 24.8. The lowest BCUT2D eigenvalue weighted by Gasteiger charge is -2.33. The van der Waals surface area contributed by atoms with Gasteiger partial charge >= 0.3 is 0 Å². The van der Waals surface area contributed by atoms with Gasteiger partial charge in [0, 0.05) is 80.3 Å². The van der Waals surface area contributed by atoms with Crippen molar-refractivity contribution >= 4 is 33.5 Å². The number of piperazine rings is 1. The average molecular weight is 494 g/mol. The molecule has 0 unspecified atom stereocenters. The number of benzene rings is 1. The molecule has 0 atom stereocenters. The quantitative estimate of drug-likeness (QED) is 0.466. The highest BCUT2D eigenvalue weighted by Gasteiger charge is 2.21.